The quantitative estimate of drug-likeness (QED) is 0.686. The van der Waals surface area contributed by atoms with Crippen molar-refractivity contribution in [3.8, 4) is 0 Å². The summed E-state index contributed by atoms with van der Waals surface area (Å²) >= 11 is 0. The van der Waals surface area contributed by atoms with Gasteiger partial charge in [-0.2, -0.15) is 13.2 Å². The highest BCUT2D eigenvalue weighted by molar-refractivity contribution is 5.97. The van der Waals surface area contributed by atoms with Gasteiger partial charge in [0.1, 0.15) is 5.70 Å². The Morgan fingerprint density at radius 2 is 1.75 bits per heavy atom. The molecule has 0 radical (unpaired) electrons. The molecule has 20 heavy (non-hydrogen) atoms. The Morgan fingerprint density at radius 1 is 1.20 bits per heavy atom. The minimum Gasteiger partial charge on any atom is -0.464 e. The maximum absolute atomic E-state index is 12.4. The summed E-state index contributed by atoms with van der Waals surface area (Å²) in [7, 11) is 1.13. The molecule has 1 N–H and O–H groups in total. The average Bonchev–Trinajstić information content (AvgIpc) is 2.36. The number of alkyl halides is 3. The smallest absolute Gasteiger partial charge is 0.416 e. The number of esters is 1. The van der Waals surface area contributed by atoms with Crippen LogP contribution in [0.4, 0.5) is 13.2 Å². The van der Waals surface area contributed by atoms with Gasteiger partial charge >= 0.3 is 12.1 Å². The lowest BCUT2D eigenvalue weighted by Crippen LogP contribution is -2.25. The summed E-state index contributed by atoms with van der Waals surface area (Å²) in [6, 6.07) is 4.14. The molecule has 0 heterocycles. The molecule has 0 spiro atoms. The van der Waals surface area contributed by atoms with Crippen molar-refractivity contribution in [1.29, 1.82) is 0 Å². The van der Waals surface area contributed by atoms with E-state index in [4.69, 9.17) is 0 Å². The van der Waals surface area contributed by atoms with Gasteiger partial charge in [0.25, 0.3) is 0 Å². The van der Waals surface area contributed by atoms with E-state index in [1.807, 2.05) is 0 Å². The number of methoxy groups -OCH3 is 1. The molecule has 1 amide bonds. The van der Waals surface area contributed by atoms with E-state index in [2.05, 4.69) is 10.1 Å². The number of rotatable bonds is 3. The van der Waals surface area contributed by atoms with Crippen LogP contribution < -0.4 is 5.32 Å². The third-order valence-corrected chi connectivity index (χ3v) is 2.27. The molecule has 0 atom stereocenters. The number of ether oxygens (including phenoxy) is 1. The number of hydrogen-bond acceptors (Lipinski definition) is 3. The van der Waals surface area contributed by atoms with Crippen LogP contribution >= 0.6 is 0 Å². The van der Waals surface area contributed by atoms with Gasteiger partial charge in [-0.05, 0) is 23.8 Å². The monoisotopic (exact) mass is 287 g/mol. The summed E-state index contributed by atoms with van der Waals surface area (Å²) in [6.45, 7) is 1.20. The van der Waals surface area contributed by atoms with Gasteiger partial charge in [0, 0.05) is 6.92 Å². The minimum absolute atomic E-state index is 0.153. The van der Waals surface area contributed by atoms with Crippen molar-refractivity contribution in [2.45, 2.75) is 13.1 Å². The van der Waals surface area contributed by atoms with Crippen LogP contribution in [0.1, 0.15) is 18.1 Å². The van der Waals surface area contributed by atoms with E-state index in [9.17, 15) is 22.8 Å². The standard InChI is InChI=1S/C13H12F3NO3/c1-8(18)17-11(12(19)20-2)7-9-3-5-10(6-4-9)13(14,15)16/h3-7H,1-2H3,(H,17,18)/b11-7+. The van der Waals surface area contributed by atoms with Crippen LogP contribution in [0, 0.1) is 0 Å². The van der Waals surface area contributed by atoms with E-state index in [-0.39, 0.29) is 5.70 Å². The van der Waals surface area contributed by atoms with Crippen molar-refractivity contribution in [3.05, 3.63) is 41.1 Å². The zero-order valence-electron chi connectivity index (χ0n) is 10.7. The molecule has 1 rings (SSSR count). The Balaban J connectivity index is 3.05. The fraction of sp³-hybridized carbons (Fsp3) is 0.231. The van der Waals surface area contributed by atoms with Crippen molar-refractivity contribution in [2.24, 2.45) is 0 Å². The molecule has 7 heteroatoms. The highest BCUT2D eigenvalue weighted by Crippen LogP contribution is 2.29. The van der Waals surface area contributed by atoms with Gasteiger partial charge in [0.05, 0.1) is 12.7 Å². The Hall–Kier alpha value is -2.31. The molecular weight excluding hydrogens is 275 g/mol. The summed E-state index contributed by atoms with van der Waals surface area (Å²) in [5.41, 5.74) is -0.624. The fourth-order valence-corrected chi connectivity index (χ4v) is 1.38. The first kappa shape index (κ1) is 15.7. The van der Waals surface area contributed by atoms with Crippen LogP contribution in [0.15, 0.2) is 30.0 Å². The van der Waals surface area contributed by atoms with Gasteiger partial charge in [-0.1, -0.05) is 12.1 Å². The van der Waals surface area contributed by atoms with Crippen LogP contribution in [-0.4, -0.2) is 19.0 Å². The van der Waals surface area contributed by atoms with Gasteiger partial charge in [-0.15, -0.1) is 0 Å². The van der Waals surface area contributed by atoms with Crippen LogP contribution in [0.3, 0.4) is 0 Å². The van der Waals surface area contributed by atoms with Gasteiger partial charge in [0.2, 0.25) is 5.91 Å². The molecule has 0 saturated heterocycles. The van der Waals surface area contributed by atoms with Crippen molar-refractivity contribution in [1.82, 2.24) is 5.32 Å². The Morgan fingerprint density at radius 3 is 2.15 bits per heavy atom. The first-order valence-corrected chi connectivity index (χ1v) is 5.49. The largest absolute Gasteiger partial charge is 0.464 e. The summed E-state index contributed by atoms with van der Waals surface area (Å²) in [4.78, 5) is 22.3. The second-order valence-corrected chi connectivity index (χ2v) is 3.85. The molecule has 0 aliphatic heterocycles. The molecule has 0 bridgehead atoms. The molecule has 108 valence electrons. The molecule has 0 fully saturated rings. The lowest BCUT2D eigenvalue weighted by Gasteiger charge is -2.08. The Labute approximate surface area is 113 Å². The molecule has 0 aliphatic rings. The second-order valence-electron chi connectivity index (χ2n) is 3.85. The zero-order valence-corrected chi connectivity index (χ0v) is 10.7. The minimum atomic E-state index is -4.43. The Bertz CT molecular complexity index is 533. The second kappa shape index (κ2) is 6.23. The predicted molar refractivity (Wildman–Crippen MR) is 65.3 cm³/mol. The topological polar surface area (TPSA) is 55.4 Å². The molecule has 1 aromatic rings. The van der Waals surface area contributed by atoms with Crippen molar-refractivity contribution in [2.75, 3.05) is 7.11 Å². The van der Waals surface area contributed by atoms with E-state index < -0.39 is 23.6 Å². The maximum Gasteiger partial charge on any atom is 0.416 e. The van der Waals surface area contributed by atoms with Crippen molar-refractivity contribution in [3.63, 3.8) is 0 Å². The van der Waals surface area contributed by atoms with E-state index in [0.29, 0.717) is 5.56 Å². The number of amides is 1. The number of halogens is 3. The van der Waals surface area contributed by atoms with Crippen LogP contribution in [0.5, 0.6) is 0 Å². The normalized spacial score (nSPS) is 11.9. The molecule has 0 unspecified atom stereocenters. The van der Waals surface area contributed by atoms with Crippen molar-refractivity contribution >= 4 is 18.0 Å². The van der Waals surface area contributed by atoms with Gasteiger partial charge in [0.15, 0.2) is 0 Å². The first-order chi connectivity index (χ1) is 9.24. The Kier molecular flexibility index (Phi) is 4.90. The number of nitrogens with one attached hydrogen (secondary N) is 1. The highest BCUT2D eigenvalue weighted by atomic mass is 19.4. The van der Waals surface area contributed by atoms with E-state index in [1.54, 1.807) is 0 Å². The number of carbonyl (C=O) groups is 2. The maximum atomic E-state index is 12.4. The lowest BCUT2D eigenvalue weighted by atomic mass is 10.1. The van der Waals surface area contributed by atoms with Gasteiger partial charge in [-0.25, -0.2) is 4.79 Å². The highest BCUT2D eigenvalue weighted by Gasteiger charge is 2.29. The fourth-order valence-electron chi connectivity index (χ4n) is 1.38. The van der Waals surface area contributed by atoms with Crippen molar-refractivity contribution < 1.29 is 27.5 Å². The molecule has 0 saturated carbocycles. The van der Waals surface area contributed by atoms with E-state index >= 15 is 0 Å². The molecule has 4 nitrogen and oxygen atoms in total. The van der Waals surface area contributed by atoms with Gasteiger partial charge in [-0.3, -0.25) is 4.79 Å². The van der Waals surface area contributed by atoms with Crippen LogP contribution in [0.25, 0.3) is 6.08 Å². The number of benzene rings is 1. The lowest BCUT2D eigenvalue weighted by molar-refractivity contribution is -0.138. The third-order valence-electron chi connectivity index (χ3n) is 2.27. The summed E-state index contributed by atoms with van der Waals surface area (Å²) < 4.78 is 41.6. The van der Waals surface area contributed by atoms with E-state index in [1.165, 1.54) is 25.1 Å². The molecule has 0 aliphatic carbocycles. The summed E-state index contributed by atoms with van der Waals surface area (Å²) in [5.74, 6) is -1.28. The summed E-state index contributed by atoms with van der Waals surface area (Å²) in [5, 5.41) is 2.25. The molecule has 1 aromatic carbocycles. The van der Waals surface area contributed by atoms with Crippen LogP contribution in [0.2, 0.25) is 0 Å². The van der Waals surface area contributed by atoms with E-state index in [0.717, 1.165) is 19.2 Å². The SMILES string of the molecule is COC(=O)/C(=C\c1ccc(C(F)(F)F)cc1)NC(C)=O. The summed E-state index contributed by atoms with van der Waals surface area (Å²) in [6.07, 6.45) is -3.20. The van der Waals surface area contributed by atoms with Gasteiger partial charge < -0.3 is 10.1 Å². The third kappa shape index (κ3) is 4.42. The van der Waals surface area contributed by atoms with Crippen LogP contribution in [-0.2, 0) is 20.5 Å². The average molecular weight is 287 g/mol. The number of carbonyl (C=O) groups excluding carboxylic acids is 2. The first-order valence-electron chi connectivity index (χ1n) is 5.49. The molecule has 0 aromatic heterocycles. The number of hydrogen-bond donors (Lipinski definition) is 1. The zero-order chi connectivity index (χ0) is 15.3. The predicted octanol–water partition coefficient (Wildman–Crippen LogP) is 2.36. The molecular formula is C13H12F3NO3.